The highest BCUT2D eigenvalue weighted by atomic mass is 19.4. The Morgan fingerprint density at radius 2 is 2.11 bits per heavy atom. The number of aromatic nitrogens is 6. The van der Waals surface area contributed by atoms with E-state index in [0.29, 0.717) is 24.4 Å². The Labute approximate surface area is 149 Å². The van der Waals surface area contributed by atoms with Crippen LogP contribution in [0.15, 0.2) is 41.2 Å². The van der Waals surface area contributed by atoms with Crippen molar-refractivity contribution in [1.29, 1.82) is 0 Å². The smallest absolute Gasteiger partial charge is 0.399 e. The van der Waals surface area contributed by atoms with E-state index in [1.54, 1.807) is 21.9 Å². The van der Waals surface area contributed by atoms with Gasteiger partial charge >= 0.3 is 18.1 Å². The molecule has 1 aliphatic rings. The second-order valence-electron chi connectivity index (χ2n) is 6.14. The minimum atomic E-state index is -4.70. The second-order valence-corrected chi connectivity index (χ2v) is 6.14. The molecule has 0 saturated carbocycles. The summed E-state index contributed by atoms with van der Waals surface area (Å²) in [5, 5.41) is 11.3. The second kappa shape index (κ2) is 5.56. The molecule has 27 heavy (non-hydrogen) atoms. The van der Waals surface area contributed by atoms with Crippen LogP contribution in [0.5, 0.6) is 0 Å². The van der Waals surface area contributed by atoms with Crippen LogP contribution in [-0.4, -0.2) is 36.3 Å². The normalized spacial score (nSPS) is 17.4. The fraction of sp³-hybridized carbons (Fsp3) is 0.250. The minimum absolute atomic E-state index is 0.210. The summed E-state index contributed by atoms with van der Waals surface area (Å²) in [7, 11) is 0. The zero-order chi connectivity index (χ0) is 18.6. The lowest BCUT2D eigenvalue weighted by Crippen LogP contribution is -2.37. The van der Waals surface area contributed by atoms with Crippen LogP contribution in [0.2, 0.25) is 0 Å². The third-order valence-electron chi connectivity index (χ3n) is 4.50. The summed E-state index contributed by atoms with van der Waals surface area (Å²) in [5.74, 6) is -1.38. The Morgan fingerprint density at radius 1 is 1.22 bits per heavy atom. The summed E-state index contributed by atoms with van der Waals surface area (Å²) in [5.41, 5.74) is 3.07. The van der Waals surface area contributed by atoms with Gasteiger partial charge in [0.25, 0.3) is 0 Å². The van der Waals surface area contributed by atoms with Crippen molar-refractivity contribution in [2.75, 3.05) is 11.4 Å². The van der Waals surface area contributed by atoms with Crippen LogP contribution in [0.25, 0.3) is 5.52 Å². The number of halogens is 3. The lowest BCUT2D eigenvalue weighted by atomic mass is 10.0. The van der Waals surface area contributed by atoms with E-state index in [-0.39, 0.29) is 6.01 Å². The molecular weight excluding hydrogens is 363 g/mol. The van der Waals surface area contributed by atoms with Crippen molar-refractivity contribution in [3.05, 3.63) is 59.8 Å². The summed E-state index contributed by atoms with van der Waals surface area (Å²) < 4.78 is 45.2. The highest BCUT2D eigenvalue weighted by molar-refractivity contribution is 5.51. The molecular formula is C16H12F3N7O. The van der Waals surface area contributed by atoms with Gasteiger partial charge in [-0.15, -0.1) is 5.10 Å². The van der Waals surface area contributed by atoms with Crippen molar-refractivity contribution in [3.63, 3.8) is 0 Å². The maximum Gasteiger partial charge on any atom is 0.470 e. The monoisotopic (exact) mass is 375 g/mol. The molecule has 11 heteroatoms. The van der Waals surface area contributed by atoms with Crippen LogP contribution in [0.3, 0.4) is 0 Å². The quantitative estimate of drug-likeness (QED) is 0.579. The molecule has 4 aromatic rings. The molecule has 8 nitrogen and oxygen atoms in total. The first-order chi connectivity index (χ1) is 13.0. The number of aromatic amines is 1. The number of nitrogens with one attached hydrogen (secondary N) is 1. The van der Waals surface area contributed by atoms with Crippen molar-refractivity contribution < 1.29 is 17.6 Å². The van der Waals surface area contributed by atoms with Gasteiger partial charge in [0.1, 0.15) is 6.04 Å². The summed E-state index contributed by atoms with van der Waals surface area (Å²) in [4.78, 5) is 9.04. The van der Waals surface area contributed by atoms with Crippen molar-refractivity contribution in [2.45, 2.75) is 18.6 Å². The summed E-state index contributed by atoms with van der Waals surface area (Å²) >= 11 is 0. The molecule has 0 aliphatic carbocycles. The average Bonchev–Trinajstić information content (AvgIpc) is 3.37. The Hall–Kier alpha value is -3.37. The van der Waals surface area contributed by atoms with E-state index in [2.05, 4.69) is 25.3 Å². The number of nitrogens with zero attached hydrogens (tertiary/aromatic N) is 6. The maximum atomic E-state index is 12.9. The van der Waals surface area contributed by atoms with Gasteiger partial charge in [0.15, 0.2) is 0 Å². The Balaban J connectivity index is 1.63. The van der Waals surface area contributed by atoms with E-state index in [0.717, 1.165) is 11.2 Å². The van der Waals surface area contributed by atoms with E-state index < -0.39 is 18.1 Å². The van der Waals surface area contributed by atoms with Crippen LogP contribution < -0.4 is 4.90 Å². The van der Waals surface area contributed by atoms with Crippen molar-refractivity contribution in [2.24, 2.45) is 0 Å². The SMILES string of the molecule is FC(F)(F)c1nnc(N2CCc3[nH]cnc3[C@H]2c2cc3ccccn3n2)o1. The van der Waals surface area contributed by atoms with Crippen molar-refractivity contribution >= 4 is 11.5 Å². The zero-order valence-electron chi connectivity index (χ0n) is 13.7. The topological polar surface area (TPSA) is 88.1 Å². The van der Waals surface area contributed by atoms with E-state index >= 15 is 0 Å². The van der Waals surface area contributed by atoms with Gasteiger partial charge in [0, 0.05) is 24.9 Å². The van der Waals surface area contributed by atoms with Gasteiger partial charge in [-0.05, 0) is 18.2 Å². The Morgan fingerprint density at radius 3 is 2.89 bits per heavy atom. The Kier molecular flexibility index (Phi) is 3.27. The van der Waals surface area contributed by atoms with Crippen LogP contribution in [0, 0.1) is 0 Å². The lowest BCUT2D eigenvalue weighted by Gasteiger charge is -2.32. The number of anilines is 1. The molecule has 0 unspecified atom stereocenters. The number of rotatable bonds is 2. The number of pyridine rings is 1. The minimum Gasteiger partial charge on any atom is -0.399 e. The summed E-state index contributed by atoms with van der Waals surface area (Å²) in [6, 6.07) is 6.73. The van der Waals surface area contributed by atoms with Gasteiger partial charge in [-0.2, -0.15) is 18.3 Å². The first kappa shape index (κ1) is 15.9. The molecule has 1 N–H and O–H groups in total. The zero-order valence-corrected chi connectivity index (χ0v) is 13.7. The lowest BCUT2D eigenvalue weighted by molar-refractivity contribution is -0.157. The summed E-state index contributed by atoms with van der Waals surface area (Å²) in [6.45, 7) is 0.382. The average molecular weight is 375 g/mol. The van der Waals surface area contributed by atoms with E-state index in [1.807, 2.05) is 24.3 Å². The fourth-order valence-electron chi connectivity index (χ4n) is 3.32. The van der Waals surface area contributed by atoms with E-state index in [4.69, 9.17) is 4.42 Å². The van der Waals surface area contributed by atoms with E-state index in [9.17, 15) is 13.2 Å². The molecule has 0 radical (unpaired) electrons. The molecule has 0 spiro atoms. The molecule has 138 valence electrons. The maximum absolute atomic E-state index is 12.9. The predicted molar refractivity (Wildman–Crippen MR) is 86.0 cm³/mol. The van der Waals surface area contributed by atoms with Crippen LogP contribution in [0.1, 0.15) is 29.0 Å². The number of hydrogen-bond donors (Lipinski definition) is 1. The first-order valence-electron chi connectivity index (χ1n) is 8.14. The predicted octanol–water partition coefficient (Wildman–Crippen LogP) is 2.61. The van der Waals surface area contributed by atoms with E-state index in [1.165, 1.54) is 0 Å². The van der Waals surface area contributed by atoms with Gasteiger partial charge in [0.05, 0.1) is 23.2 Å². The van der Waals surface area contributed by atoms with Crippen molar-refractivity contribution in [3.8, 4) is 0 Å². The molecule has 0 saturated heterocycles. The van der Waals surface area contributed by atoms with Gasteiger partial charge in [0.2, 0.25) is 0 Å². The van der Waals surface area contributed by atoms with Crippen LogP contribution >= 0.6 is 0 Å². The molecule has 1 aliphatic heterocycles. The molecule has 0 amide bonds. The van der Waals surface area contributed by atoms with Crippen molar-refractivity contribution in [1.82, 2.24) is 29.8 Å². The van der Waals surface area contributed by atoms with Gasteiger partial charge in [-0.3, -0.25) is 0 Å². The molecule has 0 bridgehead atoms. The van der Waals surface area contributed by atoms with Crippen LogP contribution in [0.4, 0.5) is 19.2 Å². The molecule has 5 heterocycles. The summed E-state index contributed by atoms with van der Waals surface area (Å²) in [6.07, 6.45) is -0.780. The Bertz CT molecular complexity index is 1080. The largest absolute Gasteiger partial charge is 0.470 e. The molecule has 0 fully saturated rings. The third-order valence-corrected chi connectivity index (χ3v) is 4.50. The number of alkyl halides is 3. The fourth-order valence-corrected chi connectivity index (χ4v) is 3.32. The van der Waals surface area contributed by atoms with Crippen LogP contribution in [-0.2, 0) is 12.6 Å². The molecule has 0 aromatic carbocycles. The highest BCUT2D eigenvalue weighted by Gasteiger charge is 2.41. The number of fused-ring (bicyclic) bond motifs is 2. The van der Waals surface area contributed by atoms with Gasteiger partial charge in [-0.25, -0.2) is 9.50 Å². The highest BCUT2D eigenvalue weighted by Crippen LogP contribution is 2.37. The number of imidazole rings is 1. The standard InChI is InChI=1S/C16H12F3N7O/c17-16(18,19)14-22-23-15(27-14)25-6-4-10-12(21-8-20-10)13(25)11-7-9-3-1-2-5-26(9)24-11/h1-3,5,7-8,13H,4,6H2,(H,20,21)/t13-/m1/s1. The molecule has 5 rings (SSSR count). The molecule has 4 aromatic heterocycles. The third kappa shape index (κ3) is 2.54. The van der Waals surface area contributed by atoms with Gasteiger partial charge < -0.3 is 14.3 Å². The van der Waals surface area contributed by atoms with Gasteiger partial charge in [-0.1, -0.05) is 11.2 Å². The number of H-pyrrole nitrogens is 1. The number of hydrogen-bond acceptors (Lipinski definition) is 6. The first-order valence-corrected chi connectivity index (χ1v) is 8.14. The molecule has 1 atom stereocenters.